The molecule has 0 saturated carbocycles. The van der Waals surface area contributed by atoms with Gasteiger partial charge in [0, 0.05) is 33.3 Å². The predicted octanol–water partition coefficient (Wildman–Crippen LogP) is 0.433. The number of amides is 1. The molecule has 0 radical (unpaired) electrons. The molecule has 0 unspecified atom stereocenters. The fraction of sp³-hybridized carbons (Fsp3) is 0.909. The molecule has 0 aromatic rings. The first-order valence-corrected chi connectivity index (χ1v) is 5.44. The lowest BCUT2D eigenvalue weighted by atomic mass is 9.92. The average molecular weight is 214 g/mol. The van der Waals surface area contributed by atoms with Crippen molar-refractivity contribution in [2.45, 2.75) is 13.8 Å². The highest BCUT2D eigenvalue weighted by Crippen LogP contribution is 2.20. The predicted molar refractivity (Wildman–Crippen MR) is 59.7 cm³/mol. The van der Waals surface area contributed by atoms with E-state index < -0.39 is 5.41 Å². The molecule has 0 bridgehead atoms. The van der Waals surface area contributed by atoms with Gasteiger partial charge in [-0.05, 0) is 20.9 Å². The topological polar surface area (TPSA) is 32.8 Å². The molecule has 1 heterocycles. The summed E-state index contributed by atoms with van der Waals surface area (Å²) in [6.45, 7) is 7.97. The molecule has 1 fully saturated rings. The molecule has 1 amide bonds. The molecule has 0 N–H and O–H groups in total. The van der Waals surface area contributed by atoms with Crippen molar-refractivity contribution in [1.29, 1.82) is 0 Å². The van der Waals surface area contributed by atoms with Crippen molar-refractivity contribution >= 4 is 5.91 Å². The van der Waals surface area contributed by atoms with Crippen LogP contribution in [0.4, 0.5) is 0 Å². The molecule has 0 atom stereocenters. The zero-order valence-electron chi connectivity index (χ0n) is 10.2. The second-order valence-corrected chi connectivity index (χ2v) is 4.91. The molecular formula is C11H22N2O2. The zero-order chi connectivity index (χ0) is 11.5. The Bertz CT molecular complexity index is 221. The van der Waals surface area contributed by atoms with E-state index in [2.05, 4.69) is 11.9 Å². The van der Waals surface area contributed by atoms with Crippen LogP contribution in [-0.4, -0.2) is 62.7 Å². The highest BCUT2D eigenvalue weighted by atomic mass is 16.5. The summed E-state index contributed by atoms with van der Waals surface area (Å²) in [7, 11) is 3.72. The third-order valence-electron chi connectivity index (χ3n) is 2.87. The van der Waals surface area contributed by atoms with Crippen LogP contribution in [-0.2, 0) is 9.53 Å². The minimum atomic E-state index is -0.398. The Morgan fingerprint density at radius 2 is 1.80 bits per heavy atom. The van der Waals surface area contributed by atoms with Crippen LogP contribution in [0.1, 0.15) is 13.8 Å². The van der Waals surface area contributed by atoms with Gasteiger partial charge in [-0.25, -0.2) is 0 Å². The minimum Gasteiger partial charge on any atom is -0.384 e. The Labute approximate surface area is 92.2 Å². The number of carbonyl (C=O) groups is 1. The van der Waals surface area contributed by atoms with E-state index in [1.165, 1.54) is 0 Å². The standard InChI is InChI=1S/C11H22N2O2/c1-11(2,9-15-4)10(14)13-7-5-12(3)6-8-13/h5-9H2,1-4H3. The highest BCUT2D eigenvalue weighted by Gasteiger charge is 2.33. The van der Waals surface area contributed by atoms with Crippen LogP contribution in [0, 0.1) is 5.41 Å². The molecule has 1 aliphatic heterocycles. The number of likely N-dealkylation sites (N-methyl/N-ethyl adjacent to an activating group) is 1. The Morgan fingerprint density at radius 1 is 1.27 bits per heavy atom. The Hall–Kier alpha value is -0.610. The summed E-state index contributed by atoms with van der Waals surface area (Å²) >= 11 is 0. The van der Waals surface area contributed by atoms with Crippen LogP contribution in [0.5, 0.6) is 0 Å². The fourth-order valence-corrected chi connectivity index (χ4v) is 1.86. The maximum Gasteiger partial charge on any atom is 0.230 e. The number of nitrogens with zero attached hydrogens (tertiary/aromatic N) is 2. The van der Waals surface area contributed by atoms with Gasteiger partial charge in [-0.15, -0.1) is 0 Å². The number of rotatable bonds is 3. The van der Waals surface area contributed by atoms with Gasteiger partial charge in [0.2, 0.25) is 5.91 Å². The number of piperazine rings is 1. The molecular weight excluding hydrogens is 192 g/mol. The molecule has 15 heavy (non-hydrogen) atoms. The van der Waals surface area contributed by atoms with Crippen molar-refractivity contribution in [1.82, 2.24) is 9.80 Å². The first-order chi connectivity index (χ1) is 6.97. The van der Waals surface area contributed by atoms with Gasteiger partial charge in [-0.3, -0.25) is 4.79 Å². The van der Waals surface area contributed by atoms with E-state index in [1.807, 2.05) is 18.7 Å². The van der Waals surface area contributed by atoms with Gasteiger partial charge < -0.3 is 14.5 Å². The molecule has 4 heteroatoms. The molecule has 0 spiro atoms. The van der Waals surface area contributed by atoms with Crippen LogP contribution in [0.25, 0.3) is 0 Å². The second-order valence-electron chi connectivity index (χ2n) is 4.91. The lowest BCUT2D eigenvalue weighted by molar-refractivity contribution is -0.144. The summed E-state index contributed by atoms with van der Waals surface area (Å²) in [4.78, 5) is 16.3. The second kappa shape index (κ2) is 4.94. The van der Waals surface area contributed by atoms with Gasteiger partial charge in [-0.1, -0.05) is 0 Å². The van der Waals surface area contributed by atoms with Crippen LogP contribution in [0.2, 0.25) is 0 Å². The molecule has 1 aliphatic rings. The first kappa shape index (κ1) is 12.5. The van der Waals surface area contributed by atoms with Crippen molar-refractivity contribution < 1.29 is 9.53 Å². The highest BCUT2D eigenvalue weighted by molar-refractivity contribution is 5.82. The van der Waals surface area contributed by atoms with Crippen LogP contribution >= 0.6 is 0 Å². The average Bonchev–Trinajstić information content (AvgIpc) is 2.18. The monoisotopic (exact) mass is 214 g/mol. The zero-order valence-corrected chi connectivity index (χ0v) is 10.2. The smallest absolute Gasteiger partial charge is 0.230 e. The van der Waals surface area contributed by atoms with Crippen molar-refractivity contribution in [3.63, 3.8) is 0 Å². The largest absolute Gasteiger partial charge is 0.384 e. The molecule has 0 aromatic heterocycles. The van der Waals surface area contributed by atoms with E-state index >= 15 is 0 Å². The summed E-state index contributed by atoms with van der Waals surface area (Å²) in [5.41, 5.74) is -0.398. The summed E-state index contributed by atoms with van der Waals surface area (Å²) in [6, 6.07) is 0. The van der Waals surface area contributed by atoms with Crippen LogP contribution in [0.3, 0.4) is 0 Å². The van der Waals surface area contributed by atoms with E-state index in [0.717, 1.165) is 26.2 Å². The number of hydrogen-bond acceptors (Lipinski definition) is 3. The van der Waals surface area contributed by atoms with E-state index in [-0.39, 0.29) is 5.91 Å². The van der Waals surface area contributed by atoms with Gasteiger partial charge >= 0.3 is 0 Å². The van der Waals surface area contributed by atoms with Crippen LogP contribution in [0.15, 0.2) is 0 Å². The van der Waals surface area contributed by atoms with Crippen molar-refractivity contribution in [2.75, 3.05) is 46.9 Å². The molecule has 1 rings (SSSR count). The molecule has 88 valence electrons. The quantitative estimate of drug-likeness (QED) is 0.683. The van der Waals surface area contributed by atoms with E-state index in [1.54, 1.807) is 7.11 Å². The van der Waals surface area contributed by atoms with Gasteiger partial charge in [0.05, 0.1) is 12.0 Å². The van der Waals surface area contributed by atoms with E-state index in [4.69, 9.17) is 4.74 Å². The lowest BCUT2D eigenvalue weighted by Gasteiger charge is -2.37. The maximum absolute atomic E-state index is 12.1. The first-order valence-electron chi connectivity index (χ1n) is 5.44. The Balaban J connectivity index is 2.53. The van der Waals surface area contributed by atoms with E-state index in [0.29, 0.717) is 6.61 Å². The molecule has 0 aromatic carbocycles. The van der Waals surface area contributed by atoms with Crippen molar-refractivity contribution in [2.24, 2.45) is 5.41 Å². The molecule has 1 saturated heterocycles. The Kier molecular flexibility index (Phi) is 4.11. The van der Waals surface area contributed by atoms with Crippen molar-refractivity contribution in [3.05, 3.63) is 0 Å². The number of ether oxygens (including phenoxy) is 1. The lowest BCUT2D eigenvalue weighted by Crippen LogP contribution is -2.51. The summed E-state index contributed by atoms with van der Waals surface area (Å²) < 4.78 is 5.08. The SMILES string of the molecule is COCC(C)(C)C(=O)N1CCN(C)CC1. The van der Waals surface area contributed by atoms with Crippen molar-refractivity contribution in [3.8, 4) is 0 Å². The number of carbonyl (C=O) groups excluding carboxylic acids is 1. The van der Waals surface area contributed by atoms with Crippen LogP contribution < -0.4 is 0 Å². The van der Waals surface area contributed by atoms with E-state index in [9.17, 15) is 4.79 Å². The van der Waals surface area contributed by atoms with Gasteiger partial charge in [0.25, 0.3) is 0 Å². The maximum atomic E-state index is 12.1. The minimum absolute atomic E-state index is 0.206. The Morgan fingerprint density at radius 3 is 2.27 bits per heavy atom. The third-order valence-corrected chi connectivity index (χ3v) is 2.87. The normalized spacial score (nSPS) is 19.3. The van der Waals surface area contributed by atoms with Gasteiger partial charge in [0.1, 0.15) is 0 Å². The number of hydrogen-bond donors (Lipinski definition) is 0. The third kappa shape index (κ3) is 3.18. The molecule has 4 nitrogen and oxygen atoms in total. The number of methoxy groups -OCH3 is 1. The summed E-state index contributed by atoms with van der Waals surface area (Å²) in [5, 5.41) is 0. The molecule has 0 aliphatic carbocycles. The summed E-state index contributed by atoms with van der Waals surface area (Å²) in [5.74, 6) is 0.206. The van der Waals surface area contributed by atoms with Gasteiger partial charge in [-0.2, -0.15) is 0 Å². The fourth-order valence-electron chi connectivity index (χ4n) is 1.86. The van der Waals surface area contributed by atoms with Gasteiger partial charge in [0.15, 0.2) is 0 Å². The summed E-state index contributed by atoms with van der Waals surface area (Å²) in [6.07, 6.45) is 0.